The van der Waals surface area contributed by atoms with Gasteiger partial charge in [-0.1, -0.05) is 40.6 Å². The van der Waals surface area contributed by atoms with Crippen LogP contribution in [0.15, 0.2) is 47.4 Å². The molecule has 27 heavy (non-hydrogen) atoms. The Balaban J connectivity index is 1.79. The number of hydrogen-bond acceptors (Lipinski definition) is 5. The molecular weight excluding hydrogens is 421 g/mol. The molecule has 1 aromatic heterocycles. The molecule has 0 aliphatic heterocycles. The van der Waals surface area contributed by atoms with Crippen LogP contribution in [-0.2, 0) is 4.79 Å². The summed E-state index contributed by atoms with van der Waals surface area (Å²) in [5.74, 6) is 0.352. The van der Waals surface area contributed by atoms with Crippen LogP contribution >= 0.6 is 46.3 Å². The van der Waals surface area contributed by atoms with Gasteiger partial charge in [-0.05, 0) is 50.5 Å². The van der Waals surface area contributed by atoms with Crippen molar-refractivity contribution in [2.75, 3.05) is 37.8 Å². The van der Waals surface area contributed by atoms with Crippen molar-refractivity contribution >= 4 is 67.6 Å². The maximum absolute atomic E-state index is 13.0. The summed E-state index contributed by atoms with van der Waals surface area (Å²) in [5, 5.41) is 1.97. The molecule has 4 nitrogen and oxygen atoms in total. The monoisotopic (exact) mass is 439 g/mol. The molecule has 0 saturated heterocycles. The Morgan fingerprint density at radius 3 is 2.52 bits per heavy atom. The van der Waals surface area contributed by atoms with Crippen LogP contribution in [0.4, 0.5) is 5.13 Å². The van der Waals surface area contributed by atoms with Gasteiger partial charge in [0.05, 0.1) is 15.5 Å². The molecule has 3 rings (SSSR count). The van der Waals surface area contributed by atoms with Gasteiger partial charge < -0.3 is 4.90 Å². The number of carbonyl (C=O) groups excluding carboxylic acids is 1. The van der Waals surface area contributed by atoms with Crippen molar-refractivity contribution in [1.82, 2.24) is 9.88 Å². The topological polar surface area (TPSA) is 36.4 Å². The zero-order valence-corrected chi connectivity index (χ0v) is 18.1. The lowest BCUT2D eigenvalue weighted by molar-refractivity contribution is -0.116. The molecule has 0 spiro atoms. The lowest BCUT2D eigenvalue weighted by atomic mass is 10.3. The predicted molar refractivity (Wildman–Crippen MR) is 118 cm³/mol. The van der Waals surface area contributed by atoms with Gasteiger partial charge in [-0.3, -0.25) is 9.69 Å². The molecule has 0 fully saturated rings. The summed E-state index contributed by atoms with van der Waals surface area (Å²) in [4.78, 5) is 22.4. The molecule has 0 radical (unpaired) electrons. The van der Waals surface area contributed by atoms with Crippen molar-refractivity contribution in [3.63, 3.8) is 0 Å². The van der Waals surface area contributed by atoms with Gasteiger partial charge in [0.25, 0.3) is 0 Å². The van der Waals surface area contributed by atoms with Crippen LogP contribution in [0.3, 0.4) is 0 Å². The summed E-state index contributed by atoms with van der Waals surface area (Å²) < 4.78 is 0.977. The van der Waals surface area contributed by atoms with Gasteiger partial charge >= 0.3 is 0 Å². The van der Waals surface area contributed by atoms with E-state index in [1.165, 1.54) is 23.1 Å². The van der Waals surface area contributed by atoms with Crippen LogP contribution < -0.4 is 4.90 Å². The Kier molecular flexibility index (Phi) is 7.00. The van der Waals surface area contributed by atoms with Crippen molar-refractivity contribution in [2.45, 2.75) is 4.90 Å². The summed E-state index contributed by atoms with van der Waals surface area (Å²) in [6.07, 6.45) is 0. The molecule has 0 N–H and O–H groups in total. The number of anilines is 1. The van der Waals surface area contributed by atoms with Crippen LogP contribution in [0.25, 0.3) is 10.2 Å². The average molecular weight is 440 g/mol. The van der Waals surface area contributed by atoms with E-state index in [0.29, 0.717) is 27.5 Å². The Morgan fingerprint density at radius 1 is 1.11 bits per heavy atom. The smallest absolute Gasteiger partial charge is 0.239 e. The number of halogens is 2. The second-order valence-electron chi connectivity index (χ2n) is 6.17. The van der Waals surface area contributed by atoms with Crippen molar-refractivity contribution in [2.24, 2.45) is 0 Å². The number of benzene rings is 2. The van der Waals surface area contributed by atoms with Crippen molar-refractivity contribution in [1.29, 1.82) is 0 Å². The standard InChI is InChI=1S/C19H19Cl2N3OS2/c1-23(2)10-11-24(17(25)12-26-14-8-6-13(20)7-9-14)19-22-18-15(21)4-3-5-16(18)27-19/h3-9H,10-12H2,1-2H3. The number of likely N-dealkylation sites (N-methyl/N-ethyl adjacent to an activating group) is 1. The summed E-state index contributed by atoms with van der Waals surface area (Å²) in [5.41, 5.74) is 0.743. The quantitative estimate of drug-likeness (QED) is 0.468. The first-order valence-corrected chi connectivity index (χ1v) is 10.9. The molecule has 1 amide bonds. The Labute approximate surface area is 177 Å². The molecule has 0 aliphatic carbocycles. The van der Waals surface area contributed by atoms with Gasteiger partial charge in [0, 0.05) is 23.0 Å². The highest BCUT2D eigenvalue weighted by atomic mass is 35.5. The number of amides is 1. The average Bonchev–Trinajstić information content (AvgIpc) is 3.06. The highest BCUT2D eigenvalue weighted by molar-refractivity contribution is 8.00. The highest BCUT2D eigenvalue weighted by Gasteiger charge is 2.20. The second kappa shape index (κ2) is 9.26. The third-order valence-electron chi connectivity index (χ3n) is 3.84. The van der Waals surface area contributed by atoms with Crippen molar-refractivity contribution < 1.29 is 4.79 Å². The summed E-state index contributed by atoms with van der Waals surface area (Å²) in [6.45, 7) is 1.32. The fourth-order valence-electron chi connectivity index (χ4n) is 2.40. The van der Waals surface area contributed by atoms with Gasteiger partial charge in [-0.2, -0.15) is 0 Å². The van der Waals surface area contributed by atoms with Crippen LogP contribution in [0.1, 0.15) is 0 Å². The molecule has 0 unspecified atom stereocenters. The van der Waals surface area contributed by atoms with E-state index in [-0.39, 0.29) is 5.91 Å². The summed E-state index contributed by atoms with van der Waals surface area (Å²) >= 11 is 15.2. The number of hydrogen-bond donors (Lipinski definition) is 0. The lowest BCUT2D eigenvalue weighted by Crippen LogP contribution is -2.37. The zero-order valence-electron chi connectivity index (χ0n) is 15.0. The molecule has 0 aliphatic rings. The minimum atomic E-state index is 0.0204. The number of carbonyl (C=O) groups is 1. The lowest BCUT2D eigenvalue weighted by Gasteiger charge is -2.21. The van der Waals surface area contributed by atoms with Gasteiger partial charge in [-0.25, -0.2) is 4.98 Å². The van der Waals surface area contributed by atoms with Crippen molar-refractivity contribution in [3.05, 3.63) is 52.5 Å². The van der Waals surface area contributed by atoms with E-state index >= 15 is 0 Å². The van der Waals surface area contributed by atoms with Gasteiger partial charge in [0.1, 0.15) is 5.52 Å². The molecule has 0 atom stereocenters. The number of thioether (sulfide) groups is 1. The number of fused-ring (bicyclic) bond motifs is 1. The molecular formula is C19H19Cl2N3OS2. The number of rotatable bonds is 7. The third-order valence-corrected chi connectivity index (χ3v) is 6.43. The van der Waals surface area contributed by atoms with Crippen LogP contribution in [0.2, 0.25) is 10.0 Å². The first-order chi connectivity index (χ1) is 12.9. The molecule has 1 heterocycles. The maximum atomic E-state index is 13.0. The molecule has 0 bridgehead atoms. The molecule has 8 heteroatoms. The minimum absolute atomic E-state index is 0.0204. The largest absolute Gasteiger partial charge is 0.308 e. The van der Waals surface area contributed by atoms with E-state index in [0.717, 1.165) is 21.7 Å². The van der Waals surface area contributed by atoms with E-state index in [9.17, 15) is 4.79 Å². The van der Waals surface area contributed by atoms with E-state index in [4.69, 9.17) is 23.2 Å². The number of aromatic nitrogens is 1. The van der Waals surface area contributed by atoms with Gasteiger partial charge in [0.2, 0.25) is 5.91 Å². The van der Waals surface area contributed by atoms with Gasteiger partial charge in [-0.15, -0.1) is 11.8 Å². The van der Waals surface area contributed by atoms with Crippen LogP contribution in [0.5, 0.6) is 0 Å². The molecule has 3 aromatic rings. The first kappa shape index (κ1) is 20.4. The second-order valence-corrected chi connectivity index (χ2v) is 9.08. The van der Waals surface area contributed by atoms with Crippen LogP contribution in [0, 0.1) is 0 Å². The third kappa shape index (κ3) is 5.36. The predicted octanol–water partition coefficient (Wildman–Crippen LogP) is 5.29. The van der Waals surface area contributed by atoms with Gasteiger partial charge in [0.15, 0.2) is 5.13 Å². The summed E-state index contributed by atoms with van der Waals surface area (Å²) in [6, 6.07) is 13.2. The van der Waals surface area contributed by atoms with Crippen LogP contribution in [-0.4, -0.2) is 48.7 Å². The fraction of sp³-hybridized carbons (Fsp3) is 0.263. The number of para-hydroxylation sites is 1. The molecule has 142 valence electrons. The zero-order chi connectivity index (χ0) is 19.4. The normalized spacial score (nSPS) is 11.3. The van der Waals surface area contributed by atoms with E-state index < -0.39 is 0 Å². The summed E-state index contributed by atoms with van der Waals surface area (Å²) in [7, 11) is 3.97. The number of nitrogens with zero attached hydrogens (tertiary/aromatic N) is 3. The van der Waals surface area contributed by atoms with E-state index in [2.05, 4.69) is 4.98 Å². The fourth-order valence-corrected chi connectivity index (χ4v) is 4.61. The minimum Gasteiger partial charge on any atom is -0.308 e. The van der Waals surface area contributed by atoms with E-state index in [1.807, 2.05) is 61.5 Å². The first-order valence-electron chi connectivity index (χ1n) is 8.32. The Hall–Kier alpha value is -1.31. The Bertz CT molecular complexity index is 928. The van der Waals surface area contributed by atoms with Crippen molar-refractivity contribution in [3.8, 4) is 0 Å². The van der Waals surface area contributed by atoms with E-state index in [1.54, 1.807) is 4.90 Å². The molecule has 2 aromatic carbocycles. The SMILES string of the molecule is CN(C)CCN(C(=O)CSc1ccc(Cl)cc1)c1nc2c(Cl)cccc2s1. The maximum Gasteiger partial charge on any atom is 0.239 e. The highest BCUT2D eigenvalue weighted by Crippen LogP contribution is 2.33. The Morgan fingerprint density at radius 2 is 1.85 bits per heavy atom. The molecule has 0 saturated carbocycles. The number of thiazole rings is 1.